The fraction of sp³-hybridized carbons (Fsp3) is 0.125. The standard InChI is InChI=1S/C8H9N5/c1-13-5-8(11-12-13)7-3-2-6(9)4-10-7/h2-5H,9H2,1H3. The molecule has 2 heterocycles. The lowest BCUT2D eigenvalue weighted by Gasteiger charge is -1.94. The van der Waals surface area contributed by atoms with E-state index >= 15 is 0 Å². The Kier molecular flexibility index (Phi) is 1.70. The molecule has 0 amide bonds. The zero-order valence-corrected chi connectivity index (χ0v) is 7.18. The maximum atomic E-state index is 5.51. The summed E-state index contributed by atoms with van der Waals surface area (Å²) in [5, 5.41) is 7.74. The second kappa shape index (κ2) is 2.85. The van der Waals surface area contributed by atoms with Crippen molar-refractivity contribution in [1.82, 2.24) is 20.0 Å². The van der Waals surface area contributed by atoms with E-state index in [0.29, 0.717) is 5.69 Å². The number of hydrogen-bond donors (Lipinski definition) is 1. The van der Waals surface area contributed by atoms with Crippen molar-refractivity contribution in [1.29, 1.82) is 0 Å². The molecule has 5 heteroatoms. The highest BCUT2D eigenvalue weighted by Crippen LogP contribution is 2.13. The van der Waals surface area contributed by atoms with Crippen molar-refractivity contribution in [3.8, 4) is 11.4 Å². The smallest absolute Gasteiger partial charge is 0.131 e. The number of nitrogen functional groups attached to an aromatic ring is 1. The lowest BCUT2D eigenvalue weighted by atomic mass is 10.3. The first-order valence-corrected chi connectivity index (χ1v) is 3.84. The first-order chi connectivity index (χ1) is 6.25. The van der Waals surface area contributed by atoms with E-state index in [2.05, 4.69) is 15.3 Å². The molecule has 0 aliphatic rings. The predicted octanol–water partition coefficient (Wildman–Crippen LogP) is 0.459. The molecule has 66 valence electrons. The summed E-state index contributed by atoms with van der Waals surface area (Å²) in [6.45, 7) is 0. The molecule has 0 saturated carbocycles. The number of aryl methyl sites for hydroxylation is 1. The lowest BCUT2D eigenvalue weighted by molar-refractivity contribution is 0.715. The molecule has 13 heavy (non-hydrogen) atoms. The second-order valence-corrected chi connectivity index (χ2v) is 2.75. The van der Waals surface area contributed by atoms with Crippen LogP contribution in [0.1, 0.15) is 0 Å². The third-order valence-corrected chi connectivity index (χ3v) is 1.65. The monoisotopic (exact) mass is 175 g/mol. The molecule has 2 aromatic heterocycles. The fourth-order valence-electron chi connectivity index (χ4n) is 1.02. The van der Waals surface area contributed by atoms with Crippen LogP contribution >= 0.6 is 0 Å². The summed E-state index contributed by atoms with van der Waals surface area (Å²) in [5.41, 5.74) is 7.68. The molecule has 0 unspecified atom stereocenters. The molecule has 0 aromatic carbocycles. The average molecular weight is 175 g/mol. The normalized spacial score (nSPS) is 10.2. The zero-order chi connectivity index (χ0) is 9.26. The molecule has 0 aliphatic heterocycles. The Morgan fingerprint density at radius 3 is 2.69 bits per heavy atom. The van der Waals surface area contributed by atoms with Gasteiger partial charge in [-0.15, -0.1) is 5.10 Å². The molecule has 0 atom stereocenters. The van der Waals surface area contributed by atoms with Crippen molar-refractivity contribution < 1.29 is 0 Å². The van der Waals surface area contributed by atoms with E-state index in [0.717, 1.165) is 11.4 Å². The van der Waals surface area contributed by atoms with E-state index in [1.165, 1.54) is 0 Å². The van der Waals surface area contributed by atoms with Gasteiger partial charge in [-0.05, 0) is 12.1 Å². The maximum Gasteiger partial charge on any atom is 0.131 e. The van der Waals surface area contributed by atoms with Gasteiger partial charge in [-0.1, -0.05) is 5.21 Å². The molecule has 0 saturated heterocycles. The third-order valence-electron chi connectivity index (χ3n) is 1.65. The topological polar surface area (TPSA) is 69.6 Å². The van der Waals surface area contributed by atoms with Gasteiger partial charge in [0.25, 0.3) is 0 Å². The Morgan fingerprint density at radius 2 is 2.15 bits per heavy atom. The van der Waals surface area contributed by atoms with E-state index in [9.17, 15) is 0 Å². The Bertz CT molecular complexity index is 403. The summed E-state index contributed by atoms with van der Waals surface area (Å²) >= 11 is 0. The number of hydrogen-bond acceptors (Lipinski definition) is 4. The van der Waals surface area contributed by atoms with Crippen LogP contribution in [0.4, 0.5) is 5.69 Å². The first-order valence-electron chi connectivity index (χ1n) is 3.84. The van der Waals surface area contributed by atoms with Crippen molar-refractivity contribution >= 4 is 5.69 Å². The van der Waals surface area contributed by atoms with Crippen LogP contribution in [0.15, 0.2) is 24.5 Å². The number of aromatic nitrogens is 4. The van der Waals surface area contributed by atoms with Crippen molar-refractivity contribution in [2.24, 2.45) is 7.05 Å². The van der Waals surface area contributed by atoms with E-state index in [4.69, 9.17) is 5.73 Å². The summed E-state index contributed by atoms with van der Waals surface area (Å²) in [7, 11) is 1.81. The number of rotatable bonds is 1. The van der Waals surface area contributed by atoms with Gasteiger partial charge in [0.1, 0.15) is 5.69 Å². The largest absolute Gasteiger partial charge is 0.397 e. The van der Waals surface area contributed by atoms with Crippen LogP contribution in [0.5, 0.6) is 0 Å². The fourth-order valence-corrected chi connectivity index (χ4v) is 1.02. The molecule has 5 nitrogen and oxygen atoms in total. The van der Waals surface area contributed by atoms with E-state index < -0.39 is 0 Å². The van der Waals surface area contributed by atoms with Gasteiger partial charge in [0.05, 0.1) is 23.8 Å². The number of anilines is 1. The molecule has 0 spiro atoms. The van der Waals surface area contributed by atoms with Gasteiger partial charge in [-0.3, -0.25) is 9.67 Å². The molecule has 0 bridgehead atoms. The van der Waals surface area contributed by atoms with Crippen LogP contribution in [0.25, 0.3) is 11.4 Å². The molecule has 0 aliphatic carbocycles. The minimum absolute atomic E-state index is 0.646. The van der Waals surface area contributed by atoms with Crippen LogP contribution in [-0.2, 0) is 7.05 Å². The molecular formula is C8H9N5. The average Bonchev–Trinajstić information content (AvgIpc) is 2.53. The Balaban J connectivity index is 2.41. The predicted molar refractivity (Wildman–Crippen MR) is 48.6 cm³/mol. The van der Waals surface area contributed by atoms with E-state index in [1.54, 1.807) is 23.1 Å². The van der Waals surface area contributed by atoms with Crippen LogP contribution in [-0.4, -0.2) is 20.0 Å². The Labute approximate surface area is 75.2 Å². The van der Waals surface area contributed by atoms with Crippen LogP contribution in [0.2, 0.25) is 0 Å². The van der Waals surface area contributed by atoms with Crippen molar-refractivity contribution in [2.45, 2.75) is 0 Å². The van der Waals surface area contributed by atoms with E-state index in [1.807, 2.05) is 13.1 Å². The number of nitrogens with two attached hydrogens (primary N) is 1. The Hall–Kier alpha value is -1.91. The van der Waals surface area contributed by atoms with Gasteiger partial charge in [0.2, 0.25) is 0 Å². The van der Waals surface area contributed by atoms with Crippen molar-refractivity contribution in [2.75, 3.05) is 5.73 Å². The van der Waals surface area contributed by atoms with Crippen molar-refractivity contribution in [3.05, 3.63) is 24.5 Å². The molecule has 2 rings (SSSR count). The summed E-state index contributed by atoms with van der Waals surface area (Å²) in [4.78, 5) is 4.12. The highest BCUT2D eigenvalue weighted by atomic mass is 15.4. The van der Waals surface area contributed by atoms with Gasteiger partial charge in [0.15, 0.2) is 0 Å². The van der Waals surface area contributed by atoms with Crippen LogP contribution in [0, 0.1) is 0 Å². The van der Waals surface area contributed by atoms with E-state index in [-0.39, 0.29) is 0 Å². The number of pyridine rings is 1. The summed E-state index contributed by atoms with van der Waals surface area (Å²) in [6.07, 6.45) is 3.41. The lowest BCUT2D eigenvalue weighted by Crippen LogP contribution is -1.88. The zero-order valence-electron chi connectivity index (χ0n) is 7.18. The molecular weight excluding hydrogens is 166 g/mol. The van der Waals surface area contributed by atoms with Gasteiger partial charge in [-0.2, -0.15) is 0 Å². The third kappa shape index (κ3) is 1.48. The summed E-state index contributed by atoms with van der Waals surface area (Å²) in [5.74, 6) is 0. The summed E-state index contributed by atoms with van der Waals surface area (Å²) in [6, 6.07) is 3.61. The van der Waals surface area contributed by atoms with Gasteiger partial charge in [0, 0.05) is 7.05 Å². The highest BCUT2D eigenvalue weighted by molar-refractivity contribution is 5.54. The van der Waals surface area contributed by atoms with Gasteiger partial charge < -0.3 is 5.73 Å². The Morgan fingerprint density at radius 1 is 1.31 bits per heavy atom. The number of nitrogens with zero attached hydrogens (tertiary/aromatic N) is 4. The summed E-state index contributed by atoms with van der Waals surface area (Å²) < 4.78 is 1.63. The minimum Gasteiger partial charge on any atom is -0.397 e. The highest BCUT2D eigenvalue weighted by Gasteiger charge is 2.02. The van der Waals surface area contributed by atoms with Crippen LogP contribution < -0.4 is 5.73 Å². The second-order valence-electron chi connectivity index (χ2n) is 2.75. The minimum atomic E-state index is 0.646. The SMILES string of the molecule is Cn1cc(-c2ccc(N)cn2)nn1. The van der Waals surface area contributed by atoms with Crippen molar-refractivity contribution in [3.63, 3.8) is 0 Å². The van der Waals surface area contributed by atoms with Crippen LogP contribution in [0.3, 0.4) is 0 Å². The molecule has 0 fully saturated rings. The molecule has 2 N–H and O–H groups in total. The van der Waals surface area contributed by atoms with Gasteiger partial charge in [-0.25, -0.2) is 0 Å². The van der Waals surface area contributed by atoms with Gasteiger partial charge >= 0.3 is 0 Å². The first kappa shape index (κ1) is 7.72. The molecule has 2 aromatic rings. The quantitative estimate of drug-likeness (QED) is 0.683. The molecule has 0 radical (unpaired) electrons. The maximum absolute atomic E-state index is 5.51.